The van der Waals surface area contributed by atoms with E-state index in [0.29, 0.717) is 0 Å². The Balaban J connectivity index is 5.69. The maximum atomic E-state index is 15.2. The van der Waals surface area contributed by atoms with Crippen LogP contribution in [0.2, 0.25) is 0 Å². The number of rotatable bonds is 10. The van der Waals surface area contributed by atoms with E-state index in [1.807, 2.05) is 5.32 Å². The standard InChI is InChI=1S/C19H33F2NO7/c1-17(2,3)11-13(28-12-27-10-9-25-7)19(20,21)14(15(23)26-8)22-16(24)29-18(4,5)6/h11,14H,9-10,12H2,1-8H3,(H,22,24)/b13-11-. The Labute approximate surface area is 170 Å². The van der Waals surface area contributed by atoms with Crippen molar-refractivity contribution in [1.82, 2.24) is 5.32 Å². The van der Waals surface area contributed by atoms with Crippen molar-refractivity contribution in [3.05, 3.63) is 11.8 Å². The minimum Gasteiger partial charge on any atom is -0.467 e. The van der Waals surface area contributed by atoms with Crippen LogP contribution in [-0.2, 0) is 28.5 Å². The fourth-order valence-electron chi connectivity index (χ4n) is 1.92. The van der Waals surface area contributed by atoms with Gasteiger partial charge < -0.3 is 29.0 Å². The zero-order valence-corrected chi connectivity index (χ0v) is 18.4. The van der Waals surface area contributed by atoms with Crippen molar-refractivity contribution >= 4 is 12.1 Å². The molecule has 29 heavy (non-hydrogen) atoms. The Morgan fingerprint density at radius 1 is 1.03 bits per heavy atom. The lowest BCUT2D eigenvalue weighted by Gasteiger charge is -2.30. The number of ether oxygens (including phenoxy) is 5. The molecule has 0 saturated heterocycles. The van der Waals surface area contributed by atoms with Crippen LogP contribution in [0.15, 0.2) is 11.8 Å². The molecule has 1 unspecified atom stereocenters. The monoisotopic (exact) mass is 425 g/mol. The average molecular weight is 425 g/mol. The van der Waals surface area contributed by atoms with Crippen molar-refractivity contribution in [3.63, 3.8) is 0 Å². The SMILES string of the molecule is COCCOCO/C(=C\C(C)(C)C)C(F)(F)C(NC(=O)OC(C)(C)C)C(=O)OC. The van der Waals surface area contributed by atoms with Gasteiger partial charge in [0.2, 0.25) is 6.04 Å². The summed E-state index contributed by atoms with van der Waals surface area (Å²) < 4.78 is 54.9. The van der Waals surface area contributed by atoms with E-state index in [9.17, 15) is 9.59 Å². The molecule has 0 aromatic carbocycles. The van der Waals surface area contributed by atoms with Gasteiger partial charge in [-0.2, -0.15) is 8.78 Å². The molecule has 8 nitrogen and oxygen atoms in total. The molecule has 0 rings (SSSR count). The van der Waals surface area contributed by atoms with E-state index in [-0.39, 0.29) is 13.2 Å². The maximum absolute atomic E-state index is 15.2. The Morgan fingerprint density at radius 2 is 1.62 bits per heavy atom. The van der Waals surface area contributed by atoms with Gasteiger partial charge in [0.25, 0.3) is 0 Å². The van der Waals surface area contributed by atoms with E-state index in [0.717, 1.165) is 13.2 Å². The molecule has 0 aliphatic heterocycles. The van der Waals surface area contributed by atoms with Gasteiger partial charge in [0.15, 0.2) is 12.6 Å². The maximum Gasteiger partial charge on any atom is 0.408 e. The first-order valence-electron chi connectivity index (χ1n) is 9.02. The van der Waals surface area contributed by atoms with Crippen molar-refractivity contribution in [1.29, 1.82) is 0 Å². The van der Waals surface area contributed by atoms with Gasteiger partial charge in [-0.25, -0.2) is 9.59 Å². The van der Waals surface area contributed by atoms with Crippen LogP contribution in [0.3, 0.4) is 0 Å². The summed E-state index contributed by atoms with van der Waals surface area (Å²) in [5.41, 5.74) is -1.67. The second kappa shape index (κ2) is 11.3. The van der Waals surface area contributed by atoms with Gasteiger partial charge in [-0.15, -0.1) is 0 Å². The van der Waals surface area contributed by atoms with Gasteiger partial charge in [-0.1, -0.05) is 20.8 Å². The summed E-state index contributed by atoms with van der Waals surface area (Å²) in [6, 6.07) is -2.37. The summed E-state index contributed by atoms with van der Waals surface area (Å²) >= 11 is 0. The topological polar surface area (TPSA) is 92.3 Å². The minimum absolute atomic E-state index is 0.126. The fourth-order valence-corrected chi connectivity index (χ4v) is 1.92. The number of nitrogens with one attached hydrogen (secondary N) is 1. The Bertz CT molecular complexity index is 566. The molecule has 1 N–H and O–H groups in total. The van der Waals surface area contributed by atoms with Crippen LogP contribution in [0.4, 0.5) is 13.6 Å². The first kappa shape index (κ1) is 27.1. The molecule has 0 heterocycles. The summed E-state index contributed by atoms with van der Waals surface area (Å²) in [6.45, 7) is 9.58. The molecular formula is C19H33F2NO7. The van der Waals surface area contributed by atoms with E-state index in [2.05, 4.69) is 4.74 Å². The molecule has 0 spiro atoms. The number of halogens is 2. The Kier molecular flexibility index (Phi) is 10.5. The van der Waals surface area contributed by atoms with Crippen LogP contribution in [0.25, 0.3) is 0 Å². The number of amides is 1. The van der Waals surface area contributed by atoms with E-state index in [1.54, 1.807) is 41.5 Å². The van der Waals surface area contributed by atoms with Gasteiger partial charge in [0.1, 0.15) is 5.60 Å². The van der Waals surface area contributed by atoms with Crippen molar-refractivity contribution in [2.24, 2.45) is 5.41 Å². The Hall–Kier alpha value is -1.94. The number of alkyl halides is 2. The molecule has 0 aromatic rings. The summed E-state index contributed by atoms with van der Waals surface area (Å²) in [5.74, 6) is -6.14. The molecular weight excluding hydrogens is 392 g/mol. The van der Waals surface area contributed by atoms with E-state index < -0.39 is 47.6 Å². The van der Waals surface area contributed by atoms with Crippen LogP contribution in [0.5, 0.6) is 0 Å². The Morgan fingerprint density at radius 3 is 2.07 bits per heavy atom. The third kappa shape index (κ3) is 11.0. The molecule has 0 fully saturated rings. The van der Waals surface area contributed by atoms with Crippen molar-refractivity contribution in [2.75, 3.05) is 34.2 Å². The van der Waals surface area contributed by atoms with Gasteiger partial charge in [0.05, 0.1) is 20.3 Å². The minimum atomic E-state index is -3.94. The van der Waals surface area contributed by atoms with Gasteiger partial charge in [0, 0.05) is 7.11 Å². The highest BCUT2D eigenvalue weighted by Crippen LogP contribution is 2.33. The van der Waals surface area contributed by atoms with Crippen molar-refractivity contribution in [3.8, 4) is 0 Å². The lowest BCUT2D eigenvalue weighted by atomic mass is 9.93. The molecule has 0 bridgehead atoms. The summed E-state index contributed by atoms with van der Waals surface area (Å²) in [5, 5.41) is 1.87. The lowest BCUT2D eigenvalue weighted by Crippen LogP contribution is -2.55. The summed E-state index contributed by atoms with van der Waals surface area (Å²) in [4.78, 5) is 24.0. The molecule has 0 aliphatic carbocycles. The number of allylic oxidation sites excluding steroid dienone is 1. The molecule has 0 aromatic heterocycles. The number of carbonyl (C=O) groups is 2. The van der Waals surface area contributed by atoms with E-state index >= 15 is 8.78 Å². The molecule has 1 atom stereocenters. The number of carbonyl (C=O) groups excluding carboxylic acids is 2. The highest BCUT2D eigenvalue weighted by molar-refractivity contribution is 5.83. The molecule has 0 aliphatic rings. The zero-order chi connectivity index (χ0) is 22.9. The molecule has 1 amide bonds. The predicted molar refractivity (Wildman–Crippen MR) is 101 cm³/mol. The third-order valence-corrected chi connectivity index (χ3v) is 3.08. The fraction of sp³-hybridized carbons (Fsp3) is 0.789. The first-order valence-corrected chi connectivity index (χ1v) is 9.02. The second-order valence-electron chi connectivity index (χ2n) is 8.26. The highest BCUT2D eigenvalue weighted by Gasteiger charge is 2.52. The van der Waals surface area contributed by atoms with Crippen molar-refractivity contribution < 1.29 is 42.1 Å². The number of alkyl carbamates (subject to hydrolysis) is 1. The number of hydrogen-bond acceptors (Lipinski definition) is 7. The highest BCUT2D eigenvalue weighted by atomic mass is 19.3. The molecule has 0 saturated carbocycles. The van der Waals surface area contributed by atoms with Gasteiger partial charge >= 0.3 is 18.0 Å². The number of methoxy groups -OCH3 is 2. The second-order valence-corrected chi connectivity index (χ2v) is 8.26. The zero-order valence-electron chi connectivity index (χ0n) is 18.4. The van der Waals surface area contributed by atoms with Crippen LogP contribution < -0.4 is 5.32 Å². The quantitative estimate of drug-likeness (QED) is 0.249. The normalized spacial score (nSPS) is 14.2. The van der Waals surface area contributed by atoms with E-state index in [4.69, 9.17) is 18.9 Å². The van der Waals surface area contributed by atoms with Crippen LogP contribution in [0, 0.1) is 5.41 Å². The van der Waals surface area contributed by atoms with E-state index in [1.165, 1.54) is 7.11 Å². The van der Waals surface area contributed by atoms with Crippen LogP contribution >= 0.6 is 0 Å². The van der Waals surface area contributed by atoms with Gasteiger partial charge in [-0.05, 0) is 32.3 Å². The molecule has 170 valence electrons. The number of esters is 1. The molecule has 10 heteroatoms. The summed E-state index contributed by atoms with van der Waals surface area (Å²) in [7, 11) is 2.40. The average Bonchev–Trinajstić information content (AvgIpc) is 2.55. The molecule has 0 radical (unpaired) electrons. The smallest absolute Gasteiger partial charge is 0.408 e. The van der Waals surface area contributed by atoms with Crippen molar-refractivity contribution in [2.45, 2.75) is 59.1 Å². The predicted octanol–water partition coefficient (Wildman–Crippen LogP) is 3.26. The van der Waals surface area contributed by atoms with Crippen LogP contribution in [0.1, 0.15) is 41.5 Å². The van der Waals surface area contributed by atoms with Crippen LogP contribution in [-0.4, -0.2) is 63.9 Å². The van der Waals surface area contributed by atoms with Gasteiger partial charge in [-0.3, -0.25) is 0 Å². The largest absolute Gasteiger partial charge is 0.467 e. The lowest BCUT2D eigenvalue weighted by molar-refractivity contribution is -0.157. The third-order valence-electron chi connectivity index (χ3n) is 3.08. The number of hydrogen-bond donors (Lipinski definition) is 1. The first-order chi connectivity index (χ1) is 13.1. The summed E-state index contributed by atoms with van der Waals surface area (Å²) in [6.07, 6.45) is -0.0432.